The highest BCUT2D eigenvalue weighted by atomic mass is 19.4. The molecule has 168 valence electrons. The molecule has 0 radical (unpaired) electrons. The lowest BCUT2D eigenvalue weighted by Gasteiger charge is -2.35. The molecule has 0 N–H and O–H groups in total. The minimum atomic E-state index is -5.60. The van der Waals surface area contributed by atoms with Gasteiger partial charge in [-0.05, 0) is 6.08 Å². The Morgan fingerprint density at radius 2 is 1.47 bits per heavy atom. The number of hydrogen-bond acceptors (Lipinski definition) is 8. The van der Waals surface area contributed by atoms with Crippen molar-refractivity contribution in [1.82, 2.24) is 0 Å². The molecule has 1 saturated carbocycles. The molecule has 1 aliphatic carbocycles. The Morgan fingerprint density at radius 3 is 1.83 bits per heavy atom. The number of halogens is 6. The van der Waals surface area contributed by atoms with E-state index >= 15 is 0 Å². The lowest BCUT2D eigenvalue weighted by atomic mass is 9.69. The molecule has 8 nitrogen and oxygen atoms in total. The zero-order chi connectivity index (χ0) is 23.1. The van der Waals surface area contributed by atoms with E-state index in [0.717, 1.165) is 0 Å². The topological polar surface area (TPSA) is 97.4 Å². The molecule has 0 aromatic heterocycles. The highest BCUT2D eigenvalue weighted by Crippen LogP contribution is 2.92. The number of fused-ring (bicyclic) bond motifs is 5. The standard InChI is InChI=1S/C16H14F6O8/c1-26-8(23)7-12(9(24)27-2)13(10(25)28-3)6(15(17,18)19)5-11(29-4,30-13)14(7,12)16(20,21)22/h5,7H,1-4H3/t7-,11-,12-,13-,14+/m1/s1. The minimum absolute atomic E-state index is 0.0957. The number of rotatable bonds is 4. The molecule has 2 fully saturated rings. The van der Waals surface area contributed by atoms with Crippen LogP contribution in [0.5, 0.6) is 0 Å². The highest BCUT2D eigenvalue weighted by Gasteiger charge is 3.12. The number of carbonyl (C=O) groups is 3. The third kappa shape index (κ3) is 1.86. The van der Waals surface area contributed by atoms with Crippen molar-refractivity contribution in [3.8, 4) is 0 Å². The van der Waals surface area contributed by atoms with E-state index in [1.165, 1.54) is 0 Å². The molecule has 14 heteroatoms. The van der Waals surface area contributed by atoms with Gasteiger partial charge in [0.05, 0.1) is 32.8 Å². The summed E-state index contributed by atoms with van der Waals surface area (Å²) < 4.78 is 108. The van der Waals surface area contributed by atoms with Crippen LogP contribution in [0.4, 0.5) is 26.3 Å². The average molecular weight is 448 g/mol. The maximum atomic E-state index is 14.5. The Labute approximate surface area is 164 Å². The predicted octanol–water partition coefficient (Wildman–Crippen LogP) is 1.28. The van der Waals surface area contributed by atoms with E-state index in [-0.39, 0.29) is 6.08 Å². The fourth-order valence-electron chi connectivity index (χ4n) is 5.16. The van der Waals surface area contributed by atoms with Gasteiger partial charge in [-0.2, -0.15) is 26.3 Å². The summed E-state index contributed by atoms with van der Waals surface area (Å²) in [5.74, 6) is -11.7. The van der Waals surface area contributed by atoms with Gasteiger partial charge < -0.3 is 23.7 Å². The first-order valence-electron chi connectivity index (χ1n) is 8.05. The van der Waals surface area contributed by atoms with Crippen molar-refractivity contribution in [3.05, 3.63) is 11.6 Å². The van der Waals surface area contributed by atoms with Gasteiger partial charge in [0.15, 0.2) is 5.41 Å². The molecule has 0 unspecified atom stereocenters. The number of methoxy groups -OCH3 is 4. The summed E-state index contributed by atoms with van der Waals surface area (Å²) >= 11 is 0. The summed E-state index contributed by atoms with van der Waals surface area (Å²) in [4.78, 5) is 37.7. The van der Waals surface area contributed by atoms with Crippen molar-refractivity contribution < 1.29 is 64.4 Å². The minimum Gasteiger partial charge on any atom is -0.469 e. The molecule has 1 saturated heterocycles. The molecule has 3 rings (SSSR count). The Hall–Kier alpha value is -2.35. The molecular formula is C16H14F6O8. The fourth-order valence-corrected chi connectivity index (χ4v) is 5.16. The maximum Gasteiger partial charge on any atom is 0.415 e. The van der Waals surface area contributed by atoms with Gasteiger partial charge in [0, 0.05) is 7.11 Å². The van der Waals surface area contributed by atoms with Crippen LogP contribution in [0.1, 0.15) is 0 Å². The highest BCUT2D eigenvalue weighted by molar-refractivity contribution is 6.06. The van der Waals surface area contributed by atoms with Gasteiger partial charge in [-0.15, -0.1) is 0 Å². The van der Waals surface area contributed by atoms with E-state index in [2.05, 4.69) is 14.2 Å². The van der Waals surface area contributed by atoms with Crippen molar-refractivity contribution in [2.45, 2.75) is 23.7 Å². The molecule has 0 spiro atoms. The van der Waals surface area contributed by atoms with Gasteiger partial charge >= 0.3 is 30.3 Å². The third-order valence-electron chi connectivity index (χ3n) is 6.00. The number of ether oxygens (including phenoxy) is 5. The zero-order valence-corrected chi connectivity index (χ0v) is 15.7. The number of alkyl halides is 6. The normalized spacial score (nSPS) is 39.1. The molecule has 2 heterocycles. The monoisotopic (exact) mass is 448 g/mol. The van der Waals surface area contributed by atoms with Gasteiger partial charge in [-0.3, -0.25) is 9.59 Å². The van der Waals surface area contributed by atoms with Crippen molar-refractivity contribution in [2.24, 2.45) is 16.7 Å². The van der Waals surface area contributed by atoms with Crippen LogP contribution in [-0.4, -0.2) is 70.1 Å². The molecular weight excluding hydrogens is 434 g/mol. The number of hydrogen-bond donors (Lipinski definition) is 0. The van der Waals surface area contributed by atoms with E-state index in [9.17, 15) is 40.7 Å². The molecule has 2 aliphatic heterocycles. The SMILES string of the molecule is COC(=O)[C@@H]1[C@@]2(C(=O)OC)[C@@]3(C(=O)OC)O[C@](OC)(C=C3C(F)(F)F)[C@@]12C(F)(F)F. The average Bonchev–Trinajstić information content (AvgIpc) is 3.12. The van der Waals surface area contributed by atoms with E-state index in [1.54, 1.807) is 0 Å². The van der Waals surface area contributed by atoms with Crippen LogP contribution >= 0.6 is 0 Å². The van der Waals surface area contributed by atoms with Gasteiger partial charge in [0.2, 0.25) is 11.4 Å². The lowest BCUT2D eigenvalue weighted by molar-refractivity contribution is -0.302. The summed E-state index contributed by atoms with van der Waals surface area (Å²) in [5.41, 5.74) is -13.0. The van der Waals surface area contributed by atoms with Gasteiger partial charge in [0.25, 0.3) is 0 Å². The lowest BCUT2D eigenvalue weighted by Crippen LogP contribution is -2.57. The summed E-state index contributed by atoms with van der Waals surface area (Å²) in [7, 11) is 2.40. The van der Waals surface area contributed by atoms with Crippen LogP contribution in [0.3, 0.4) is 0 Å². The quantitative estimate of drug-likeness (QED) is 0.275. The Bertz CT molecular complexity index is 865. The maximum absolute atomic E-state index is 14.5. The first kappa shape index (κ1) is 22.3. The predicted molar refractivity (Wildman–Crippen MR) is 78.2 cm³/mol. The zero-order valence-electron chi connectivity index (χ0n) is 15.7. The van der Waals surface area contributed by atoms with Crippen LogP contribution in [0.2, 0.25) is 0 Å². The van der Waals surface area contributed by atoms with Crippen LogP contribution < -0.4 is 0 Å². The first-order chi connectivity index (χ1) is 13.7. The van der Waals surface area contributed by atoms with Crippen LogP contribution in [0, 0.1) is 16.7 Å². The molecule has 0 amide bonds. The van der Waals surface area contributed by atoms with Crippen LogP contribution in [0.15, 0.2) is 11.6 Å². The van der Waals surface area contributed by atoms with Crippen molar-refractivity contribution in [1.29, 1.82) is 0 Å². The van der Waals surface area contributed by atoms with E-state index in [1.807, 2.05) is 0 Å². The summed E-state index contributed by atoms with van der Waals surface area (Å²) in [6, 6.07) is 0. The molecule has 5 atom stereocenters. The molecule has 2 bridgehead atoms. The fraction of sp³-hybridized carbons (Fsp3) is 0.688. The second-order valence-corrected chi connectivity index (χ2v) is 6.76. The largest absolute Gasteiger partial charge is 0.469 e. The van der Waals surface area contributed by atoms with Crippen molar-refractivity contribution in [3.63, 3.8) is 0 Å². The van der Waals surface area contributed by atoms with Crippen LogP contribution in [-0.2, 0) is 38.1 Å². The van der Waals surface area contributed by atoms with Crippen LogP contribution in [0.25, 0.3) is 0 Å². The van der Waals surface area contributed by atoms with Crippen molar-refractivity contribution >= 4 is 17.9 Å². The summed E-state index contributed by atoms with van der Waals surface area (Å²) in [6.07, 6.45) is -11.2. The molecule has 0 aromatic rings. The smallest absolute Gasteiger partial charge is 0.415 e. The Balaban J connectivity index is 2.55. The first-order valence-corrected chi connectivity index (χ1v) is 8.05. The second-order valence-electron chi connectivity index (χ2n) is 6.76. The van der Waals surface area contributed by atoms with E-state index < -0.39 is 64.0 Å². The molecule has 3 aliphatic rings. The van der Waals surface area contributed by atoms with Gasteiger partial charge in [-0.25, -0.2) is 4.79 Å². The van der Waals surface area contributed by atoms with Gasteiger partial charge in [-0.1, -0.05) is 0 Å². The van der Waals surface area contributed by atoms with E-state index in [4.69, 9.17) is 9.47 Å². The number of esters is 3. The third-order valence-corrected chi connectivity index (χ3v) is 6.00. The Morgan fingerprint density at radius 1 is 0.933 bits per heavy atom. The second kappa shape index (κ2) is 5.87. The van der Waals surface area contributed by atoms with E-state index in [0.29, 0.717) is 28.4 Å². The molecule has 30 heavy (non-hydrogen) atoms. The Kier molecular flexibility index (Phi) is 4.37. The summed E-state index contributed by atoms with van der Waals surface area (Å²) in [5, 5.41) is 0. The molecule has 0 aromatic carbocycles. The summed E-state index contributed by atoms with van der Waals surface area (Å²) in [6.45, 7) is 0. The van der Waals surface area contributed by atoms with Gasteiger partial charge in [0.1, 0.15) is 5.41 Å². The van der Waals surface area contributed by atoms with Crippen molar-refractivity contribution in [2.75, 3.05) is 28.4 Å². The number of carbonyl (C=O) groups excluding carboxylic acids is 3.